The second-order valence-corrected chi connectivity index (χ2v) is 3.38. The van der Waals surface area contributed by atoms with Crippen LogP contribution in [0.2, 0.25) is 0 Å². The Morgan fingerprint density at radius 2 is 1.87 bits per heavy atom. The highest BCUT2D eigenvalue weighted by Crippen LogP contribution is 2.19. The van der Waals surface area contributed by atoms with E-state index in [2.05, 4.69) is 0 Å². The minimum atomic E-state index is -0.405. The summed E-state index contributed by atoms with van der Waals surface area (Å²) in [6.45, 7) is 4.76. The number of Topliss-reactive ketones (excluding diaryl/α,β-unsaturated/α-hetero) is 1. The molecule has 0 amide bonds. The number of hydrogen-bond donors (Lipinski definition) is 0. The van der Waals surface area contributed by atoms with Gasteiger partial charge in [-0.05, 0) is 32.9 Å². The summed E-state index contributed by atoms with van der Waals surface area (Å²) in [4.78, 5) is 34.6. The van der Waals surface area contributed by atoms with E-state index < -0.39 is 5.78 Å². The van der Waals surface area contributed by atoms with Gasteiger partial charge in [0.05, 0.1) is 5.57 Å². The number of carbonyl (C=O) groups is 3. The van der Waals surface area contributed by atoms with E-state index in [-0.39, 0.29) is 22.7 Å². The summed E-state index contributed by atoms with van der Waals surface area (Å²) in [6, 6.07) is 0. The molecule has 0 saturated carbocycles. The normalized spacial score (nSPS) is 17.4. The number of ketones is 3. The van der Waals surface area contributed by atoms with Gasteiger partial charge in [0, 0.05) is 11.1 Å². The van der Waals surface area contributed by atoms with E-state index >= 15 is 0 Å². The molecule has 0 heterocycles. The zero-order valence-electron chi connectivity index (χ0n) is 8.96. The smallest absolute Gasteiger partial charge is 0.190 e. The van der Waals surface area contributed by atoms with E-state index in [0.717, 1.165) is 0 Å². The fourth-order valence-corrected chi connectivity index (χ4v) is 1.47. The zero-order chi connectivity index (χ0) is 11.6. The molecule has 1 aliphatic carbocycles. The molecule has 0 radical (unpaired) electrons. The fourth-order valence-electron chi connectivity index (χ4n) is 1.47. The quantitative estimate of drug-likeness (QED) is 0.389. The van der Waals surface area contributed by atoms with Gasteiger partial charge in [0.25, 0.3) is 0 Å². The lowest BCUT2D eigenvalue weighted by molar-refractivity contribution is -0.119. The first-order valence-corrected chi connectivity index (χ1v) is 4.64. The minimum Gasteiger partial charge on any atom is -0.289 e. The molecule has 0 N–H and O–H groups in total. The van der Waals surface area contributed by atoms with Crippen molar-refractivity contribution in [2.45, 2.75) is 20.8 Å². The van der Waals surface area contributed by atoms with Gasteiger partial charge in [0.2, 0.25) is 0 Å². The van der Waals surface area contributed by atoms with E-state index in [9.17, 15) is 14.4 Å². The average Bonchev–Trinajstić information content (AvgIpc) is 2.15. The Bertz CT molecular complexity index is 424. The largest absolute Gasteiger partial charge is 0.289 e. The highest BCUT2D eigenvalue weighted by atomic mass is 16.2. The van der Waals surface area contributed by atoms with E-state index in [1.54, 1.807) is 19.9 Å². The van der Waals surface area contributed by atoms with E-state index in [0.29, 0.717) is 5.57 Å². The van der Waals surface area contributed by atoms with Crippen LogP contribution in [0, 0.1) is 0 Å². The molecule has 0 aromatic carbocycles. The highest BCUT2D eigenvalue weighted by Gasteiger charge is 2.26. The van der Waals surface area contributed by atoms with Gasteiger partial charge >= 0.3 is 0 Å². The predicted molar refractivity (Wildman–Crippen MR) is 56.3 cm³/mol. The Morgan fingerprint density at radius 3 is 2.40 bits per heavy atom. The molecule has 0 aromatic rings. The van der Waals surface area contributed by atoms with Crippen molar-refractivity contribution in [3.8, 4) is 0 Å². The molecule has 1 aliphatic rings. The third kappa shape index (κ3) is 2.01. The monoisotopic (exact) mass is 204 g/mol. The first-order chi connectivity index (χ1) is 6.99. The minimum absolute atomic E-state index is 0.0105. The van der Waals surface area contributed by atoms with Crippen LogP contribution < -0.4 is 0 Å². The van der Waals surface area contributed by atoms with Crippen LogP contribution in [0.3, 0.4) is 0 Å². The number of allylic oxidation sites excluding steroid dienone is 6. The second-order valence-electron chi connectivity index (χ2n) is 3.38. The molecule has 0 aliphatic heterocycles. The van der Waals surface area contributed by atoms with Crippen LogP contribution in [-0.2, 0) is 14.4 Å². The van der Waals surface area contributed by atoms with Crippen LogP contribution in [0.25, 0.3) is 0 Å². The summed E-state index contributed by atoms with van der Waals surface area (Å²) >= 11 is 0. The average molecular weight is 204 g/mol. The van der Waals surface area contributed by atoms with Crippen molar-refractivity contribution in [3.63, 3.8) is 0 Å². The molecule has 0 aromatic heterocycles. The van der Waals surface area contributed by atoms with Crippen molar-refractivity contribution >= 4 is 17.3 Å². The molecule has 3 heteroatoms. The van der Waals surface area contributed by atoms with Crippen molar-refractivity contribution in [1.82, 2.24) is 0 Å². The zero-order valence-corrected chi connectivity index (χ0v) is 8.96. The second kappa shape index (κ2) is 4.17. The van der Waals surface area contributed by atoms with Crippen LogP contribution in [0.1, 0.15) is 20.8 Å². The maximum Gasteiger partial charge on any atom is 0.190 e. The SMILES string of the molecule is C/C=C/C(=O)C1=C(C)C(=O)C(C)=CC1=O. The molecular weight excluding hydrogens is 192 g/mol. The third-order valence-corrected chi connectivity index (χ3v) is 2.23. The van der Waals surface area contributed by atoms with E-state index in [1.807, 2.05) is 0 Å². The molecule has 0 unspecified atom stereocenters. The van der Waals surface area contributed by atoms with Gasteiger partial charge < -0.3 is 0 Å². The van der Waals surface area contributed by atoms with Gasteiger partial charge in [-0.3, -0.25) is 14.4 Å². The summed E-state index contributed by atoms with van der Waals surface area (Å²) in [5.41, 5.74) is 0.612. The van der Waals surface area contributed by atoms with Crippen molar-refractivity contribution in [3.05, 3.63) is 34.9 Å². The summed E-state index contributed by atoms with van der Waals surface area (Å²) in [5, 5.41) is 0. The highest BCUT2D eigenvalue weighted by molar-refractivity contribution is 6.35. The number of carbonyl (C=O) groups excluding carboxylic acids is 3. The number of hydrogen-bond acceptors (Lipinski definition) is 3. The van der Waals surface area contributed by atoms with Gasteiger partial charge in [-0.1, -0.05) is 6.08 Å². The molecule has 0 spiro atoms. The lowest BCUT2D eigenvalue weighted by Crippen LogP contribution is -2.21. The molecule has 0 atom stereocenters. The summed E-state index contributed by atoms with van der Waals surface area (Å²) in [6.07, 6.45) is 4.05. The summed E-state index contributed by atoms with van der Waals surface area (Å²) in [7, 11) is 0. The molecule has 3 nitrogen and oxygen atoms in total. The van der Waals surface area contributed by atoms with Gasteiger partial charge in [0.15, 0.2) is 17.3 Å². The molecule has 0 fully saturated rings. The van der Waals surface area contributed by atoms with Crippen molar-refractivity contribution in [2.24, 2.45) is 0 Å². The predicted octanol–water partition coefficient (Wildman–Crippen LogP) is 1.55. The van der Waals surface area contributed by atoms with E-state index in [4.69, 9.17) is 0 Å². The lowest BCUT2D eigenvalue weighted by Gasteiger charge is -2.11. The van der Waals surface area contributed by atoms with Crippen LogP contribution in [0.5, 0.6) is 0 Å². The molecule has 1 rings (SSSR count). The van der Waals surface area contributed by atoms with Crippen molar-refractivity contribution < 1.29 is 14.4 Å². The van der Waals surface area contributed by atoms with Gasteiger partial charge in [-0.2, -0.15) is 0 Å². The summed E-state index contributed by atoms with van der Waals surface area (Å²) < 4.78 is 0. The van der Waals surface area contributed by atoms with Crippen LogP contribution >= 0.6 is 0 Å². The Morgan fingerprint density at radius 1 is 1.27 bits per heavy atom. The van der Waals surface area contributed by atoms with Crippen molar-refractivity contribution in [2.75, 3.05) is 0 Å². The Balaban J connectivity index is 3.24. The van der Waals surface area contributed by atoms with Crippen LogP contribution in [0.4, 0.5) is 0 Å². The molecular formula is C12H12O3. The Kier molecular flexibility index (Phi) is 3.14. The Labute approximate surface area is 88.2 Å². The maximum atomic E-state index is 11.5. The first-order valence-electron chi connectivity index (χ1n) is 4.64. The fraction of sp³-hybridized carbons (Fsp3) is 0.250. The lowest BCUT2D eigenvalue weighted by atomic mass is 9.89. The maximum absolute atomic E-state index is 11.5. The van der Waals surface area contributed by atoms with Gasteiger partial charge in [0.1, 0.15) is 0 Å². The standard InChI is InChI=1S/C12H12O3/c1-4-5-9(13)11-8(3)12(15)7(2)6-10(11)14/h4-6H,1-3H3/b5-4+. The third-order valence-electron chi connectivity index (χ3n) is 2.23. The first kappa shape index (κ1) is 11.3. The molecule has 0 saturated heterocycles. The van der Waals surface area contributed by atoms with Crippen molar-refractivity contribution in [1.29, 1.82) is 0 Å². The molecule has 78 valence electrons. The van der Waals surface area contributed by atoms with Crippen LogP contribution in [-0.4, -0.2) is 17.3 Å². The van der Waals surface area contributed by atoms with Gasteiger partial charge in [-0.15, -0.1) is 0 Å². The number of rotatable bonds is 2. The Hall–Kier alpha value is -1.77. The van der Waals surface area contributed by atoms with Crippen LogP contribution in [0.15, 0.2) is 34.9 Å². The molecule has 15 heavy (non-hydrogen) atoms. The van der Waals surface area contributed by atoms with Gasteiger partial charge in [-0.25, -0.2) is 0 Å². The van der Waals surface area contributed by atoms with E-state index in [1.165, 1.54) is 19.1 Å². The molecule has 0 bridgehead atoms. The topological polar surface area (TPSA) is 51.2 Å². The summed E-state index contributed by atoms with van der Waals surface area (Å²) in [5.74, 6) is -1.02.